The molecule has 7 rings (SSSR count). The molecular weight excluding hydrogens is 781 g/mol. The van der Waals surface area contributed by atoms with Gasteiger partial charge in [-0.1, -0.05) is 56.2 Å². The topological polar surface area (TPSA) is 217 Å². The maximum absolute atomic E-state index is 14.2. The summed E-state index contributed by atoms with van der Waals surface area (Å²) in [5.41, 5.74) is 10.3. The van der Waals surface area contributed by atoms with Gasteiger partial charge in [0.2, 0.25) is 11.4 Å². The van der Waals surface area contributed by atoms with Crippen LogP contribution in [0.3, 0.4) is 0 Å². The zero-order valence-electron chi connectivity index (χ0n) is 35.8. The molecule has 4 aliphatic rings. The number of anilines is 1. The smallest absolute Gasteiger partial charge is 0.305 e. The molecule has 330 valence electrons. The molecule has 4 fully saturated rings. The Morgan fingerprint density at radius 2 is 1.69 bits per heavy atom. The third-order valence-electron chi connectivity index (χ3n) is 15.4. The van der Waals surface area contributed by atoms with Gasteiger partial charge in [-0.25, -0.2) is 4.63 Å². The van der Waals surface area contributed by atoms with Crippen molar-refractivity contribution in [3.8, 4) is 0 Å². The number of nitro benzene ring substituents is 1. The molecule has 16 heteroatoms. The summed E-state index contributed by atoms with van der Waals surface area (Å²) in [6.45, 7) is 9.44. The Balaban J connectivity index is 0.905. The maximum atomic E-state index is 14.2. The van der Waals surface area contributed by atoms with Gasteiger partial charge in [0.25, 0.3) is 0 Å². The number of amides is 1. The first kappa shape index (κ1) is 44.3. The van der Waals surface area contributed by atoms with Gasteiger partial charge in [0.15, 0.2) is 5.52 Å². The van der Waals surface area contributed by atoms with Crippen LogP contribution in [0.1, 0.15) is 97.0 Å². The number of esters is 1. The fourth-order valence-electron chi connectivity index (χ4n) is 12.3. The van der Waals surface area contributed by atoms with E-state index in [9.17, 15) is 19.7 Å². The third-order valence-corrected chi connectivity index (χ3v) is 15.4. The lowest BCUT2D eigenvalue weighted by molar-refractivity contribution is -0.383. The summed E-state index contributed by atoms with van der Waals surface area (Å²) in [5.74, 6) is 3.43. The first-order valence-electron chi connectivity index (χ1n) is 22.3. The molecular formula is C45H62N8O8. The summed E-state index contributed by atoms with van der Waals surface area (Å²) in [6, 6.07) is 12.2. The predicted molar refractivity (Wildman–Crippen MR) is 228 cm³/mol. The number of nitro groups is 1. The molecule has 4 aliphatic carbocycles. The van der Waals surface area contributed by atoms with Crippen molar-refractivity contribution in [3.05, 3.63) is 68.6 Å². The lowest BCUT2D eigenvalue weighted by Gasteiger charge is -2.61. The Morgan fingerprint density at radius 3 is 2.48 bits per heavy atom. The van der Waals surface area contributed by atoms with Crippen LogP contribution in [0.2, 0.25) is 0 Å². The monoisotopic (exact) mass is 842 g/mol. The highest BCUT2D eigenvalue weighted by Gasteiger charge is 2.60. The van der Waals surface area contributed by atoms with E-state index in [4.69, 9.17) is 24.4 Å². The number of rotatable bonds is 20. The zero-order chi connectivity index (χ0) is 43.0. The molecule has 0 spiro atoms. The number of ether oxygens (including phenoxy) is 3. The number of hydrogen-bond acceptors (Lipinski definition) is 12. The molecule has 1 heterocycles. The van der Waals surface area contributed by atoms with Crippen molar-refractivity contribution in [2.24, 2.45) is 51.5 Å². The van der Waals surface area contributed by atoms with E-state index in [2.05, 4.69) is 51.7 Å². The van der Waals surface area contributed by atoms with E-state index >= 15 is 0 Å². The van der Waals surface area contributed by atoms with Crippen LogP contribution in [-0.4, -0.2) is 78.8 Å². The van der Waals surface area contributed by atoms with Gasteiger partial charge in [0, 0.05) is 36.4 Å². The fraction of sp³-hybridized carbons (Fsp3) is 0.689. The van der Waals surface area contributed by atoms with Crippen LogP contribution >= 0.6 is 0 Å². The summed E-state index contributed by atoms with van der Waals surface area (Å²) >= 11 is 0. The average Bonchev–Trinajstić information content (AvgIpc) is 3.89. The van der Waals surface area contributed by atoms with Crippen LogP contribution in [0.15, 0.2) is 52.2 Å². The molecule has 2 N–H and O–H groups in total. The Morgan fingerprint density at radius 1 is 0.951 bits per heavy atom. The van der Waals surface area contributed by atoms with E-state index < -0.39 is 11.0 Å². The van der Waals surface area contributed by atoms with Gasteiger partial charge in [0.1, 0.15) is 12.6 Å². The second kappa shape index (κ2) is 19.9. The minimum Gasteiger partial charge on any atom is -0.463 e. The van der Waals surface area contributed by atoms with Gasteiger partial charge in [-0.3, -0.25) is 19.7 Å². The lowest BCUT2D eigenvalue weighted by Crippen LogP contribution is -2.56. The van der Waals surface area contributed by atoms with Gasteiger partial charge in [-0.2, -0.15) is 0 Å². The molecule has 16 nitrogen and oxygen atoms in total. The number of azide groups is 1. The summed E-state index contributed by atoms with van der Waals surface area (Å²) in [6.07, 6.45) is 12.1. The van der Waals surface area contributed by atoms with Crippen molar-refractivity contribution in [3.63, 3.8) is 0 Å². The fourth-order valence-corrected chi connectivity index (χ4v) is 12.3. The van der Waals surface area contributed by atoms with Crippen LogP contribution < -0.4 is 10.6 Å². The summed E-state index contributed by atoms with van der Waals surface area (Å²) in [4.78, 5) is 40.6. The van der Waals surface area contributed by atoms with Gasteiger partial charge >= 0.3 is 11.7 Å². The zero-order valence-corrected chi connectivity index (χ0v) is 35.8. The summed E-state index contributed by atoms with van der Waals surface area (Å²) in [5, 5.41) is 29.5. The molecule has 0 radical (unpaired) electrons. The molecule has 61 heavy (non-hydrogen) atoms. The van der Waals surface area contributed by atoms with Crippen molar-refractivity contribution in [1.29, 1.82) is 0 Å². The van der Waals surface area contributed by atoms with E-state index in [-0.39, 0.29) is 52.1 Å². The molecule has 0 bridgehead atoms. The highest BCUT2D eigenvalue weighted by Crippen LogP contribution is 2.68. The molecule has 2 aromatic carbocycles. The van der Waals surface area contributed by atoms with Crippen LogP contribution in [0.25, 0.3) is 21.5 Å². The molecule has 1 amide bonds. The first-order chi connectivity index (χ1) is 29.5. The number of carbonyl (C=O) groups is 2. The van der Waals surface area contributed by atoms with Crippen LogP contribution in [-0.2, 0) is 30.2 Å². The number of aromatic nitrogens is 2. The average molecular weight is 843 g/mol. The normalized spacial score (nSPS) is 29.0. The third kappa shape index (κ3) is 9.97. The van der Waals surface area contributed by atoms with E-state index in [1.807, 2.05) is 30.3 Å². The number of hydrogen-bond donors (Lipinski definition) is 2. The number of fused-ring (bicyclic) bond motifs is 6. The van der Waals surface area contributed by atoms with Crippen LogP contribution in [0.4, 0.5) is 11.4 Å². The standard InChI is InChI=1S/C45H62N8O8/c1-29(9-16-40(54)60-26-25-59-24-23-58-22-21-47-52-46)34-12-13-35-33-11-10-31-28-32(17-19-44(31,2)36(33)18-20-45(34,35)3)48-43(55)38(27-30-7-5-4-6-8-30)49-37-14-15-39(53(56)57)42-41(37)50-61-51-42/h4-8,14-15,29,31-36,38,49H,9-13,16-28H2,1-3H3,(H,48,55)/t29-,31-,32-,33?,34?,35?,36?,38+,44+,45-/m1/s1. The molecule has 0 aliphatic heterocycles. The summed E-state index contributed by atoms with van der Waals surface area (Å²) < 4.78 is 21.2. The number of non-ortho nitro benzene ring substituents is 1. The van der Waals surface area contributed by atoms with Gasteiger partial charge in [0.05, 0.1) is 37.0 Å². The second-order valence-electron chi connectivity index (χ2n) is 18.5. The Hall–Kier alpha value is -4.79. The number of nitrogens with zero attached hydrogens (tertiary/aromatic N) is 6. The number of carbonyl (C=O) groups excluding carboxylic acids is 2. The van der Waals surface area contributed by atoms with Gasteiger partial charge in [-0.15, -0.1) is 0 Å². The number of benzene rings is 2. The highest BCUT2D eigenvalue weighted by atomic mass is 16.6. The van der Waals surface area contributed by atoms with Gasteiger partial charge in [-0.05, 0) is 138 Å². The first-order valence-corrected chi connectivity index (χ1v) is 22.3. The van der Waals surface area contributed by atoms with E-state index in [0.717, 1.165) is 31.2 Å². The van der Waals surface area contributed by atoms with E-state index in [1.165, 1.54) is 44.6 Å². The Kier molecular flexibility index (Phi) is 14.5. The number of nitrogens with one attached hydrogen (secondary N) is 2. The molecule has 4 unspecified atom stereocenters. The SMILES string of the molecule is C[C@H](CCC(=O)OCCOCCOCCN=[N+]=[N-])C1CCC2C3CC[C@@H]4C[C@H](NC(=O)[C@H](Cc5ccccc5)Nc5ccc([N+](=O)[O-])c6nonc56)CC[C@]4(C)C3CC[C@@]21C. The summed E-state index contributed by atoms with van der Waals surface area (Å²) in [7, 11) is 0. The van der Waals surface area contributed by atoms with E-state index in [1.54, 1.807) is 6.07 Å². The minimum atomic E-state index is -0.646. The van der Waals surface area contributed by atoms with E-state index in [0.29, 0.717) is 87.0 Å². The molecule has 3 aromatic rings. The molecule has 1 aromatic heterocycles. The molecule has 10 atom stereocenters. The van der Waals surface area contributed by atoms with Crippen molar-refractivity contribution in [2.75, 3.05) is 44.9 Å². The van der Waals surface area contributed by atoms with Crippen molar-refractivity contribution in [1.82, 2.24) is 15.6 Å². The Labute approximate surface area is 357 Å². The second-order valence-corrected chi connectivity index (χ2v) is 18.5. The van der Waals surface area contributed by atoms with Crippen LogP contribution in [0.5, 0.6) is 0 Å². The highest BCUT2D eigenvalue weighted by molar-refractivity contribution is 5.95. The molecule has 4 saturated carbocycles. The van der Waals surface area contributed by atoms with Crippen molar-refractivity contribution < 1.29 is 33.4 Å². The van der Waals surface area contributed by atoms with Crippen molar-refractivity contribution in [2.45, 2.75) is 110 Å². The lowest BCUT2D eigenvalue weighted by atomic mass is 9.44. The largest absolute Gasteiger partial charge is 0.463 e. The molecule has 0 saturated heterocycles. The maximum Gasteiger partial charge on any atom is 0.305 e. The Bertz CT molecular complexity index is 2030. The predicted octanol–water partition coefficient (Wildman–Crippen LogP) is 8.60. The minimum absolute atomic E-state index is 0.0406. The van der Waals surface area contributed by atoms with Crippen LogP contribution in [0, 0.1) is 56.5 Å². The quantitative estimate of drug-likeness (QED) is 0.0209. The van der Waals surface area contributed by atoms with Gasteiger partial charge < -0.3 is 24.8 Å². The van der Waals surface area contributed by atoms with Crippen molar-refractivity contribution >= 4 is 34.3 Å².